The van der Waals surface area contributed by atoms with E-state index in [9.17, 15) is 35.2 Å². The Labute approximate surface area is 340 Å². The highest BCUT2D eigenvalue weighted by atomic mass is 32.2. The van der Waals surface area contributed by atoms with E-state index in [4.69, 9.17) is 4.98 Å². The molecule has 2 unspecified atom stereocenters. The number of amides is 1. The molecule has 5 atom stereocenters. The van der Waals surface area contributed by atoms with Crippen molar-refractivity contribution in [1.29, 1.82) is 0 Å². The average Bonchev–Trinajstić information content (AvgIpc) is 3.66. The van der Waals surface area contributed by atoms with Crippen LogP contribution in [-0.4, -0.2) is 56.2 Å². The van der Waals surface area contributed by atoms with Gasteiger partial charge in [-0.1, -0.05) is 30.4 Å². The van der Waals surface area contributed by atoms with Crippen molar-refractivity contribution in [1.82, 2.24) is 34.8 Å². The maximum absolute atomic E-state index is 15.9. The number of alkyl halides is 5. The lowest BCUT2D eigenvalue weighted by molar-refractivity contribution is -0.142. The van der Waals surface area contributed by atoms with Gasteiger partial charge in [-0.2, -0.15) is 32.1 Å². The van der Waals surface area contributed by atoms with Crippen LogP contribution in [-0.2, 0) is 46.9 Å². The van der Waals surface area contributed by atoms with Crippen molar-refractivity contribution in [2.24, 2.45) is 18.9 Å². The maximum atomic E-state index is 15.9. The second kappa shape index (κ2) is 13.9. The summed E-state index contributed by atoms with van der Waals surface area (Å²) in [5.74, 6) is -9.35. The van der Waals surface area contributed by atoms with Crippen LogP contribution in [0.4, 0.5) is 41.7 Å². The summed E-state index contributed by atoms with van der Waals surface area (Å²) in [5, 5.41) is 14.9. The molecule has 1 amide bonds. The summed E-state index contributed by atoms with van der Waals surface area (Å²) in [6.07, 6.45) is -1.46. The van der Waals surface area contributed by atoms with Crippen LogP contribution in [0.25, 0.3) is 32.4 Å². The fraction of sp³-hybridized carbons (Fsp3) is 0.333. The fourth-order valence-corrected chi connectivity index (χ4v) is 9.56. The monoisotopic (exact) mass is 871 g/mol. The number of thiazole rings is 1. The molecule has 60 heavy (non-hydrogen) atoms. The molecule has 0 aliphatic heterocycles. The molecule has 3 aliphatic carbocycles. The first-order chi connectivity index (χ1) is 28.2. The number of allylic oxidation sites excluding steroid dienone is 1. The third-order valence-corrected chi connectivity index (χ3v) is 12.3. The molecular weight excluding hydrogens is 840 g/mol. The number of nitrogens with one attached hydrogen (secondary N) is 3. The van der Waals surface area contributed by atoms with Gasteiger partial charge >= 0.3 is 6.18 Å². The number of hydrogen-bond donors (Lipinski definition) is 3. The Morgan fingerprint density at radius 2 is 1.80 bits per heavy atom. The van der Waals surface area contributed by atoms with Crippen LogP contribution in [0.2, 0.25) is 0 Å². The zero-order valence-electron chi connectivity index (χ0n) is 31.6. The number of aryl methyl sites for hydroxylation is 1. The number of carbonyl (C=O) groups excluding carboxylic acids is 1. The van der Waals surface area contributed by atoms with Crippen molar-refractivity contribution in [3.63, 3.8) is 0 Å². The van der Waals surface area contributed by atoms with Crippen LogP contribution in [0.5, 0.6) is 0 Å². The average molecular weight is 872 g/mol. The van der Waals surface area contributed by atoms with E-state index in [1.54, 1.807) is 31.3 Å². The highest BCUT2D eigenvalue weighted by Gasteiger charge is 2.60. The number of sulfonamides is 1. The Kier molecular flexibility index (Phi) is 9.18. The summed E-state index contributed by atoms with van der Waals surface area (Å²) in [6.45, 7) is 0.987. The van der Waals surface area contributed by atoms with Gasteiger partial charge in [0, 0.05) is 47.2 Å². The van der Waals surface area contributed by atoms with Crippen molar-refractivity contribution in [2.75, 3.05) is 16.3 Å². The number of rotatable bonds is 11. The third kappa shape index (κ3) is 7.07. The second-order valence-corrected chi connectivity index (χ2v) is 18.1. The van der Waals surface area contributed by atoms with Gasteiger partial charge in [0.05, 0.1) is 34.1 Å². The molecule has 1 saturated carbocycles. The molecule has 2 aromatic carbocycles. The van der Waals surface area contributed by atoms with Gasteiger partial charge in [-0.15, -0.1) is 5.73 Å². The molecule has 4 heterocycles. The number of pyridine rings is 1. The summed E-state index contributed by atoms with van der Waals surface area (Å²) in [7, 11) is -2.19. The summed E-state index contributed by atoms with van der Waals surface area (Å²) in [4.78, 5) is 23.7. The van der Waals surface area contributed by atoms with Gasteiger partial charge in [0.2, 0.25) is 15.9 Å². The molecule has 0 spiro atoms. The molecule has 0 saturated heterocycles. The molecular formula is C39H32F7N9O3S2. The second-order valence-electron chi connectivity index (χ2n) is 15.3. The number of halogens is 7. The molecule has 12 nitrogen and oxygen atoms in total. The molecule has 3 aliphatic rings. The smallest absolute Gasteiger partial charge is 0.358 e. The predicted octanol–water partition coefficient (Wildman–Crippen LogP) is 7.56. The number of benzene rings is 2. The number of fused-ring (bicyclic) bond motifs is 5. The van der Waals surface area contributed by atoms with Crippen molar-refractivity contribution in [3.8, 4) is 11.1 Å². The van der Waals surface area contributed by atoms with E-state index in [1.165, 1.54) is 16.0 Å². The van der Waals surface area contributed by atoms with Crippen LogP contribution in [0.15, 0.2) is 60.3 Å². The maximum Gasteiger partial charge on any atom is 0.435 e. The topological polar surface area (TPSA) is 149 Å². The minimum absolute atomic E-state index is 0.0206. The Balaban J connectivity index is 1.19. The van der Waals surface area contributed by atoms with Gasteiger partial charge in [0.25, 0.3) is 5.92 Å². The quantitative estimate of drug-likeness (QED) is 0.0893. The Bertz CT molecular complexity index is 2930. The Morgan fingerprint density at radius 3 is 2.48 bits per heavy atom. The molecule has 6 aromatic rings. The summed E-state index contributed by atoms with van der Waals surface area (Å²) >= 11 is 1.30. The van der Waals surface area contributed by atoms with Gasteiger partial charge in [-0.05, 0) is 60.7 Å². The molecule has 0 radical (unpaired) electrons. The van der Waals surface area contributed by atoms with Crippen molar-refractivity contribution >= 4 is 59.5 Å². The number of para-hydroxylation sites is 1. The van der Waals surface area contributed by atoms with E-state index in [2.05, 4.69) is 43.2 Å². The highest BCUT2D eigenvalue weighted by molar-refractivity contribution is 7.92. The van der Waals surface area contributed by atoms with Crippen LogP contribution in [0.1, 0.15) is 53.5 Å². The van der Waals surface area contributed by atoms with E-state index in [-0.39, 0.29) is 35.2 Å². The zero-order chi connectivity index (χ0) is 42.6. The van der Waals surface area contributed by atoms with Crippen molar-refractivity contribution < 1.29 is 43.9 Å². The van der Waals surface area contributed by atoms with Crippen molar-refractivity contribution in [2.45, 2.75) is 56.4 Å². The Morgan fingerprint density at radius 1 is 1.07 bits per heavy atom. The SMILES string of the molecule is CC1CC1Nc1nc2nc([C@H](Cc3cc(F)cc(F)c3)NC(=O)Cn3nc(C(F)(F)F)c4c3C(F)(F)[C@@H]3C=C=C[C@H]43)c(-c3cccc4c(NS(C)(=O)=O)nn(C)c34)cc2s1. The third-order valence-electron chi connectivity index (χ3n) is 10.9. The van der Waals surface area contributed by atoms with Crippen LogP contribution >= 0.6 is 11.3 Å². The standard InChI is InChI=1S/C39H32F7N9O3S2/c1-17-10-26(17)48-37-50-36-28(59-37)15-24(21-6-4-8-23-32(21)54(2)52-35(23)53-60(3,57)58)31(49-36)27(13-18-11-19(40)14-20(41)12-18)47-29(56)16-55-34-30(33(51-55)39(44,45)46)22-7-5-9-25(22)38(34,42)43/h4,6-9,11-12,14-15,17,22,25-27H,10,13,16H2,1-3H3,(H,47,56)(H,52,53)(H,48,49,50)/t17?,22-,25+,26?,27-/m0/s1. The Hall–Kier alpha value is -5.79. The van der Waals surface area contributed by atoms with E-state index < -0.39 is 81.0 Å². The van der Waals surface area contributed by atoms with Gasteiger partial charge in [-0.25, -0.2) is 27.2 Å². The number of aromatic nitrogens is 6. The van der Waals surface area contributed by atoms with Gasteiger partial charge < -0.3 is 10.6 Å². The number of hydrogen-bond acceptors (Lipinski definition) is 9. The highest BCUT2D eigenvalue weighted by Crippen LogP contribution is 2.58. The van der Waals surface area contributed by atoms with E-state index in [1.807, 2.05) is 0 Å². The number of anilines is 2. The number of carbonyl (C=O) groups is 1. The first kappa shape index (κ1) is 39.7. The van der Waals surface area contributed by atoms with E-state index >= 15 is 8.78 Å². The zero-order valence-corrected chi connectivity index (χ0v) is 33.2. The molecule has 21 heteroatoms. The molecule has 312 valence electrons. The summed E-state index contributed by atoms with van der Waals surface area (Å²) < 4.78 is 133. The lowest BCUT2D eigenvalue weighted by Crippen LogP contribution is -2.35. The molecule has 3 N–H and O–H groups in total. The largest absolute Gasteiger partial charge is 0.435 e. The molecule has 4 aromatic heterocycles. The van der Waals surface area contributed by atoms with Crippen LogP contribution < -0.4 is 15.4 Å². The van der Waals surface area contributed by atoms with Gasteiger partial charge in [-0.3, -0.25) is 18.9 Å². The minimum Gasteiger partial charge on any atom is -0.358 e. The van der Waals surface area contributed by atoms with E-state index in [0.29, 0.717) is 48.5 Å². The molecule has 1 fully saturated rings. The van der Waals surface area contributed by atoms with Crippen LogP contribution in [0, 0.1) is 23.5 Å². The molecule has 0 bridgehead atoms. The van der Waals surface area contributed by atoms with Crippen LogP contribution in [0.3, 0.4) is 0 Å². The summed E-state index contributed by atoms with van der Waals surface area (Å²) in [5.41, 5.74) is 0.697. The normalized spacial score (nSPS) is 20.8. The lowest BCUT2D eigenvalue weighted by Gasteiger charge is -2.23. The first-order valence-corrected chi connectivity index (χ1v) is 21.2. The van der Waals surface area contributed by atoms with E-state index in [0.717, 1.165) is 37.0 Å². The predicted molar refractivity (Wildman–Crippen MR) is 208 cm³/mol. The number of nitrogens with zero attached hydrogens (tertiary/aromatic N) is 6. The first-order valence-electron chi connectivity index (χ1n) is 18.5. The minimum atomic E-state index is -5.13. The summed E-state index contributed by atoms with van der Waals surface area (Å²) in [6, 6.07) is 8.29. The molecule has 9 rings (SSSR count). The lowest BCUT2D eigenvalue weighted by atomic mass is 9.94. The van der Waals surface area contributed by atoms with Gasteiger partial charge in [0.15, 0.2) is 22.3 Å². The van der Waals surface area contributed by atoms with Crippen molar-refractivity contribution in [3.05, 3.63) is 100 Å². The fourth-order valence-electron chi connectivity index (χ4n) is 8.15. The van der Waals surface area contributed by atoms with Gasteiger partial charge in [0.1, 0.15) is 23.9 Å².